The van der Waals surface area contributed by atoms with Crippen molar-refractivity contribution in [3.05, 3.63) is 53.9 Å². The molecule has 0 radical (unpaired) electrons. The van der Waals surface area contributed by atoms with Gasteiger partial charge in [0.1, 0.15) is 11.9 Å². The monoisotopic (exact) mass is 429 g/mol. The van der Waals surface area contributed by atoms with Crippen molar-refractivity contribution < 1.29 is 13.2 Å². The number of rotatable bonds is 5. The Morgan fingerprint density at radius 1 is 0.933 bits per heavy atom. The van der Waals surface area contributed by atoms with E-state index in [1.165, 1.54) is 0 Å². The van der Waals surface area contributed by atoms with Gasteiger partial charge in [0, 0.05) is 44.6 Å². The van der Waals surface area contributed by atoms with E-state index in [0.29, 0.717) is 24.0 Å². The fourth-order valence-electron chi connectivity index (χ4n) is 4.64. The average molecular weight is 430 g/mol. The zero-order valence-corrected chi connectivity index (χ0v) is 18.6. The summed E-state index contributed by atoms with van der Waals surface area (Å²) in [6.07, 6.45) is 7.54. The molecule has 0 unspecified atom stereocenters. The van der Waals surface area contributed by atoms with Gasteiger partial charge in [0.2, 0.25) is 10.0 Å². The lowest BCUT2D eigenvalue weighted by atomic mass is 10.00. The van der Waals surface area contributed by atoms with Gasteiger partial charge in [-0.15, -0.1) is 0 Å². The molecule has 2 saturated heterocycles. The summed E-state index contributed by atoms with van der Waals surface area (Å²) in [5, 5.41) is 0. The van der Waals surface area contributed by atoms with Gasteiger partial charge in [-0.3, -0.25) is 4.98 Å². The molecule has 1 aromatic heterocycles. The lowest BCUT2D eigenvalue weighted by Gasteiger charge is -2.41. The van der Waals surface area contributed by atoms with Gasteiger partial charge in [0.15, 0.2) is 0 Å². The number of ether oxygens (including phenoxy) is 1. The van der Waals surface area contributed by atoms with Crippen LogP contribution in [0.2, 0.25) is 0 Å². The highest BCUT2D eigenvalue weighted by Gasteiger charge is 2.33. The van der Waals surface area contributed by atoms with Gasteiger partial charge in [-0.1, -0.05) is 17.7 Å². The van der Waals surface area contributed by atoms with Crippen molar-refractivity contribution in [2.24, 2.45) is 0 Å². The van der Waals surface area contributed by atoms with E-state index in [4.69, 9.17) is 4.74 Å². The molecular weight excluding hydrogens is 398 g/mol. The number of aromatic nitrogens is 1. The van der Waals surface area contributed by atoms with Crippen molar-refractivity contribution in [1.29, 1.82) is 0 Å². The zero-order chi connectivity index (χ0) is 21.1. The van der Waals surface area contributed by atoms with Gasteiger partial charge in [0.25, 0.3) is 0 Å². The van der Waals surface area contributed by atoms with Gasteiger partial charge in [-0.2, -0.15) is 4.31 Å². The van der Waals surface area contributed by atoms with E-state index in [1.807, 2.05) is 38.1 Å². The van der Waals surface area contributed by atoms with Crippen molar-refractivity contribution in [2.75, 3.05) is 26.2 Å². The van der Waals surface area contributed by atoms with Crippen LogP contribution in [0.3, 0.4) is 0 Å². The minimum atomic E-state index is -3.42. The molecule has 0 amide bonds. The van der Waals surface area contributed by atoms with Crippen LogP contribution in [-0.2, 0) is 10.0 Å². The van der Waals surface area contributed by atoms with Crippen LogP contribution in [0.4, 0.5) is 0 Å². The molecule has 7 heteroatoms. The normalized spacial score (nSPS) is 20.3. The van der Waals surface area contributed by atoms with Crippen LogP contribution in [0.1, 0.15) is 36.8 Å². The second kappa shape index (κ2) is 9.04. The summed E-state index contributed by atoms with van der Waals surface area (Å²) >= 11 is 0. The van der Waals surface area contributed by atoms with Gasteiger partial charge in [-0.05, 0) is 63.3 Å². The highest BCUT2D eigenvalue weighted by Crippen LogP contribution is 2.27. The number of piperidine rings is 2. The van der Waals surface area contributed by atoms with Crippen LogP contribution in [0.15, 0.2) is 47.6 Å². The number of hydrogen-bond acceptors (Lipinski definition) is 5. The predicted octanol–water partition coefficient (Wildman–Crippen LogP) is 3.39. The molecule has 0 atom stereocenters. The van der Waals surface area contributed by atoms with Crippen molar-refractivity contribution in [3.63, 3.8) is 0 Å². The molecule has 1 aromatic carbocycles. The van der Waals surface area contributed by atoms with Crippen molar-refractivity contribution in [2.45, 2.75) is 56.6 Å². The van der Waals surface area contributed by atoms with E-state index in [0.717, 1.165) is 55.6 Å². The first-order valence-electron chi connectivity index (χ1n) is 10.8. The van der Waals surface area contributed by atoms with Crippen molar-refractivity contribution in [3.8, 4) is 5.75 Å². The molecule has 6 nitrogen and oxygen atoms in total. The molecule has 2 aromatic rings. The molecule has 2 aliphatic heterocycles. The molecular formula is C23H31N3O3S. The standard InChI is InChI=1S/C23H31N3O3S/c1-18-3-4-23(19(2)17-18)30(27,28)26-15-7-20(8-16-26)25-13-9-22(10-14-25)29-21-5-11-24-12-6-21/h3-6,11-12,17,20,22H,7-10,13-16H2,1-2H3. The third kappa shape index (κ3) is 4.68. The first-order valence-corrected chi connectivity index (χ1v) is 12.3. The Kier molecular flexibility index (Phi) is 6.41. The second-order valence-electron chi connectivity index (χ2n) is 8.44. The lowest BCUT2D eigenvalue weighted by Crippen LogP contribution is -2.50. The summed E-state index contributed by atoms with van der Waals surface area (Å²) in [7, 11) is -3.42. The van der Waals surface area contributed by atoms with Gasteiger partial charge in [0.05, 0.1) is 4.90 Å². The summed E-state index contributed by atoms with van der Waals surface area (Å²) < 4.78 is 34.0. The Balaban J connectivity index is 1.30. The summed E-state index contributed by atoms with van der Waals surface area (Å²) in [6, 6.07) is 9.83. The van der Waals surface area contributed by atoms with E-state index >= 15 is 0 Å². The maximum atomic E-state index is 13.1. The third-order valence-electron chi connectivity index (χ3n) is 6.32. The number of aryl methyl sites for hydroxylation is 2. The molecule has 4 rings (SSSR count). The molecule has 3 heterocycles. The Hall–Kier alpha value is -1.96. The summed E-state index contributed by atoms with van der Waals surface area (Å²) in [4.78, 5) is 6.99. The molecule has 0 N–H and O–H groups in total. The summed E-state index contributed by atoms with van der Waals surface area (Å²) in [5.74, 6) is 0.883. The highest BCUT2D eigenvalue weighted by atomic mass is 32.2. The second-order valence-corrected chi connectivity index (χ2v) is 10.3. The van der Waals surface area contributed by atoms with E-state index in [2.05, 4.69) is 9.88 Å². The zero-order valence-electron chi connectivity index (χ0n) is 17.8. The molecule has 2 aliphatic rings. The van der Waals surface area contributed by atoms with Crippen LogP contribution in [-0.4, -0.2) is 60.9 Å². The smallest absolute Gasteiger partial charge is 0.243 e. The fraction of sp³-hybridized carbons (Fsp3) is 0.522. The lowest BCUT2D eigenvalue weighted by molar-refractivity contribution is 0.0585. The van der Waals surface area contributed by atoms with Crippen LogP contribution in [0, 0.1) is 13.8 Å². The first-order chi connectivity index (χ1) is 14.4. The first kappa shape index (κ1) is 21.3. The SMILES string of the molecule is Cc1ccc(S(=O)(=O)N2CCC(N3CCC(Oc4ccncc4)CC3)CC2)c(C)c1. The van der Waals surface area contributed by atoms with Crippen molar-refractivity contribution >= 4 is 10.0 Å². The van der Waals surface area contributed by atoms with E-state index in [1.54, 1.807) is 22.8 Å². The summed E-state index contributed by atoms with van der Waals surface area (Å²) in [5.41, 5.74) is 1.91. The van der Waals surface area contributed by atoms with Gasteiger partial charge in [-0.25, -0.2) is 8.42 Å². The van der Waals surface area contributed by atoms with Gasteiger partial charge >= 0.3 is 0 Å². The largest absolute Gasteiger partial charge is 0.490 e. The Morgan fingerprint density at radius 3 is 2.23 bits per heavy atom. The highest BCUT2D eigenvalue weighted by molar-refractivity contribution is 7.89. The Bertz CT molecular complexity index is 949. The van der Waals surface area contributed by atoms with Crippen LogP contribution in [0.25, 0.3) is 0 Å². The number of sulfonamides is 1. The molecule has 0 bridgehead atoms. The van der Waals surface area contributed by atoms with Gasteiger partial charge < -0.3 is 9.64 Å². The maximum absolute atomic E-state index is 13.1. The quantitative estimate of drug-likeness (QED) is 0.729. The summed E-state index contributed by atoms with van der Waals surface area (Å²) in [6.45, 7) is 7.06. The van der Waals surface area contributed by atoms with E-state index < -0.39 is 10.0 Å². The Labute approximate surface area is 179 Å². The Morgan fingerprint density at radius 2 is 1.60 bits per heavy atom. The number of pyridine rings is 1. The van der Waals surface area contributed by atoms with Crippen molar-refractivity contribution in [1.82, 2.24) is 14.2 Å². The molecule has 162 valence electrons. The minimum Gasteiger partial charge on any atom is -0.490 e. The van der Waals surface area contributed by atoms with Crippen LogP contribution in [0.5, 0.6) is 5.75 Å². The van der Waals surface area contributed by atoms with E-state index in [9.17, 15) is 8.42 Å². The molecule has 0 spiro atoms. The number of hydrogen-bond donors (Lipinski definition) is 0. The van der Waals surface area contributed by atoms with E-state index in [-0.39, 0.29) is 6.10 Å². The third-order valence-corrected chi connectivity index (χ3v) is 8.38. The molecule has 2 fully saturated rings. The minimum absolute atomic E-state index is 0.244. The molecule has 30 heavy (non-hydrogen) atoms. The molecule has 0 saturated carbocycles. The number of nitrogens with zero attached hydrogens (tertiary/aromatic N) is 3. The fourth-order valence-corrected chi connectivity index (χ4v) is 6.32. The number of likely N-dealkylation sites (tertiary alicyclic amines) is 1. The predicted molar refractivity (Wildman–Crippen MR) is 117 cm³/mol. The van der Waals surface area contributed by atoms with Crippen LogP contribution >= 0.6 is 0 Å². The maximum Gasteiger partial charge on any atom is 0.243 e. The molecule has 0 aliphatic carbocycles. The average Bonchev–Trinajstić information content (AvgIpc) is 2.75. The topological polar surface area (TPSA) is 62.7 Å². The van der Waals surface area contributed by atoms with Crippen LogP contribution < -0.4 is 4.74 Å². The number of benzene rings is 1.